The molecule has 3 heteroatoms. The molecule has 0 bridgehead atoms. The molecule has 0 rings (SSSR count). The maximum Gasteiger partial charge on any atom is 0.333 e. The van der Waals surface area contributed by atoms with E-state index in [1.54, 1.807) is 13.0 Å². The molecule has 0 fully saturated rings. The van der Waals surface area contributed by atoms with Crippen LogP contribution in [0.3, 0.4) is 0 Å². The van der Waals surface area contributed by atoms with E-state index in [0.717, 1.165) is 0 Å². The Labute approximate surface area is 86.0 Å². The topological polar surface area (TPSA) is 29.5 Å². The fourth-order valence-corrected chi connectivity index (χ4v) is 0.885. The first-order valence-corrected chi connectivity index (χ1v) is 4.82. The minimum absolute atomic E-state index is 0.224. The summed E-state index contributed by atoms with van der Waals surface area (Å²) < 4.78 is 4.90. The third-order valence-corrected chi connectivity index (χ3v) is 1.60. The van der Waals surface area contributed by atoms with Crippen molar-refractivity contribution >= 4 is 5.97 Å². The molecule has 0 radical (unpaired) electrons. The van der Waals surface area contributed by atoms with E-state index in [1.165, 1.54) is 0 Å². The molecule has 0 aromatic heterocycles. The molecule has 0 aliphatic heterocycles. The zero-order chi connectivity index (χ0) is 11.0. The van der Waals surface area contributed by atoms with Gasteiger partial charge in [-0.1, -0.05) is 13.0 Å². The van der Waals surface area contributed by atoms with Crippen molar-refractivity contribution in [1.29, 1.82) is 0 Å². The van der Waals surface area contributed by atoms with Crippen LogP contribution in [0, 0.1) is 0 Å². The standard InChI is InChI=1S/C11H19NO2/c1-5-10(11(13)14-6-2)8-7-9-12(3)4/h7-9H,5-6H2,1-4H3/b9-7+,10-8-. The van der Waals surface area contributed by atoms with Gasteiger partial charge in [-0.05, 0) is 25.6 Å². The third kappa shape index (κ3) is 5.41. The molecule has 0 N–H and O–H groups in total. The summed E-state index contributed by atoms with van der Waals surface area (Å²) in [4.78, 5) is 13.2. The van der Waals surface area contributed by atoms with Crippen molar-refractivity contribution in [2.24, 2.45) is 0 Å². The van der Waals surface area contributed by atoms with E-state index < -0.39 is 0 Å². The number of allylic oxidation sites excluding steroid dienone is 2. The van der Waals surface area contributed by atoms with Gasteiger partial charge in [-0.15, -0.1) is 0 Å². The van der Waals surface area contributed by atoms with Crippen molar-refractivity contribution in [3.63, 3.8) is 0 Å². The molecule has 0 heterocycles. The summed E-state index contributed by atoms with van der Waals surface area (Å²) in [6, 6.07) is 0. The van der Waals surface area contributed by atoms with Crippen molar-refractivity contribution < 1.29 is 9.53 Å². The van der Waals surface area contributed by atoms with Crippen molar-refractivity contribution in [2.75, 3.05) is 20.7 Å². The second-order valence-corrected chi connectivity index (χ2v) is 3.07. The maximum absolute atomic E-state index is 11.3. The van der Waals surface area contributed by atoms with Crippen LogP contribution in [0.2, 0.25) is 0 Å². The Hall–Kier alpha value is -1.25. The van der Waals surface area contributed by atoms with Crippen LogP contribution >= 0.6 is 0 Å². The predicted octanol–water partition coefficient (Wildman–Crippen LogP) is 1.96. The Kier molecular flexibility index (Phi) is 6.54. The SMILES string of the molecule is CCOC(=O)/C(=C\C=C\N(C)C)CC. The third-order valence-electron chi connectivity index (χ3n) is 1.60. The lowest BCUT2D eigenvalue weighted by Gasteiger charge is -2.04. The lowest BCUT2D eigenvalue weighted by atomic mass is 10.2. The molecule has 0 saturated carbocycles. The Bertz CT molecular complexity index is 229. The zero-order valence-electron chi connectivity index (χ0n) is 9.41. The average Bonchev–Trinajstić information content (AvgIpc) is 2.12. The molecule has 0 amide bonds. The summed E-state index contributed by atoms with van der Waals surface area (Å²) in [5, 5.41) is 0. The largest absolute Gasteiger partial charge is 0.463 e. The lowest BCUT2D eigenvalue weighted by Crippen LogP contribution is -2.06. The van der Waals surface area contributed by atoms with E-state index in [1.807, 2.05) is 38.2 Å². The zero-order valence-corrected chi connectivity index (χ0v) is 9.41. The van der Waals surface area contributed by atoms with Crippen molar-refractivity contribution in [1.82, 2.24) is 4.90 Å². The molecular weight excluding hydrogens is 178 g/mol. The molecule has 0 atom stereocenters. The van der Waals surface area contributed by atoms with Crippen LogP contribution in [-0.4, -0.2) is 31.6 Å². The number of carbonyl (C=O) groups is 1. The summed E-state index contributed by atoms with van der Waals surface area (Å²) >= 11 is 0. The van der Waals surface area contributed by atoms with Gasteiger partial charge in [0.1, 0.15) is 0 Å². The van der Waals surface area contributed by atoms with Gasteiger partial charge in [-0.3, -0.25) is 0 Å². The molecule has 3 nitrogen and oxygen atoms in total. The molecule has 0 aromatic rings. The minimum Gasteiger partial charge on any atom is -0.463 e. The maximum atomic E-state index is 11.3. The predicted molar refractivity (Wildman–Crippen MR) is 57.8 cm³/mol. The van der Waals surface area contributed by atoms with Crippen LogP contribution in [0.25, 0.3) is 0 Å². The molecule has 0 saturated heterocycles. The number of rotatable bonds is 5. The van der Waals surface area contributed by atoms with E-state index >= 15 is 0 Å². The van der Waals surface area contributed by atoms with E-state index in [0.29, 0.717) is 18.6 Å². The van der Waals surface area contributed by atoms with Crippen LogP contribution in [0.15, 0.2) is 23.9 Å². The Morgan fingerprint density at radius 2 is 2.00 bits per heavy atom. The number of nitrogens with zero attached hydrogens (tertiary/aromatic N) is 1. The molecule has 14 heavy (non-hydrogen) atoms. The first kappa shape index (κ1) is 12.8. The molecule has 80 valence electrons. The molecule has 0 aliphatic rings. The van der Waals surface area contributed by atoms with Gasteiger partial charge in [0.25, 0.3) is 0 Å². The number of hydrogen-bond acceptors (Lipinski definition) is 3. The lowest BCUT2D eigenvalue weighted by molar-refractivity contribution is -0.138. The highest BCUT2D eigenvalue weighted by Gasteiger charge is 2.05. The quantitative estimate of drug-likeness (QED) is 0.383. The highest BCUT2D eigenvalue weighted by atomic mass is 16.5. The van der Waals surface area contributed by atoms with E-state index in [2.05, 4.69) is 0 Å². The summed E-state index contributed by atoms with van der Waals surface area (Å²) in [6.45, 7) is 4.17. The fourth-order valence-electron chi connectivity index (χ4n) is 0.885. The highest BCUT2D eigenvalue weighted by molar-refractivity contribution is 5.88. The molecule has 0 spiro atoms. The fraction of sp³-hybridized carbons (Fsp3) is 0.545. The average molecular weight is 197 g/mol. The Morgan fingerprint density at radius 3 is 2.43 bits per heavy atom. The van der Waals surface area contributed by atoms with Gasteiger partial charge < -0.3 is 9.64 Å². The monoisotopic (exact) mass is 197 g/mol. The molecule has 0 unspecified atom stereocenters. The normalized spacial score (nSPS) is 11.9. The van der Waals surface area contributed by atoms with Gasteiger partial charge in [0.2, 0.25) is 0 Å². The van der Waals surface area contributed by atoms with Crippen molar-refractivity contribution in [3.8, 4) is 0 Å². The summed E-state index contributed by atoms with van der Waals surface area (Å²) in [6.07, 6.45) is 6.21. The van der Waals surface area contributed by atoms with Gasteiger partial charge in [-0.2, -0.15) is 0 Å². The van der Waals surface area contributed by atoms with E-state index in [-0.39, 0.29) is 5.97 Å². The van der Waals surface area contributed by atoms with Crippen LogP contribution in [0.1, 0.15) is 20.3 Å². The van der Waals surface area contributed by atoms with Crippen molar-refractivity contribution in [2.45, 2.75) is 20.3 Å². The van der Waals surface area contributed by atoms with Crippen LogP contribution < -0.4 is 0 Å². The minimum atomic E-state index is -0.224. The summed E-state index contributed by atoms with van der Waals surface area (Å²) in [7, 11) is 3.86. The molecule has 0 aromatic carbocycles. The van der Waals surface area contributed by atoms with Gasteiger partial charge in [0, 0.05) is 19.7 Å². The first-order valence-electron chi connectivity index (χ1n) is 4.82. The van der Waals surface area contributed by atoms with Crippen LogP contribution in [0.4, 0.5) is 0 Å². The second-order valence-electron chi connectivity index (χ2n) is 3.07. The summed E-state index contributed by atoms with van der Waals surface area (Å²) in [5.74, 6) is -0.224. The summed E-state index contributed by atoms with van der Waals surface area (Å²) in [5.41, 5.74) is 0.699. The first-order chi connectivity index (χ1) is 6.61. The Balaban J connectivity index is 4.32. The van der Waals surface area contributed by atoms with Crippen LogP contribution in [-0.2, 0) is 9.53 Å². The number of carbonyl (C=O) groups excluding carboxylic acids is 1. The smallest absolute Gasteiger partial charge is 0.333 e. The van der Waals surface area contributed by atoms with Crippen LogP contribution in [0.5, 0.6) is 0 Å². The number of hydrogen-bond donors (Lipinski definition) is 0. The number of ether oxygens (including phenoxy) is 1. The Morgan fingerprint density at radius 1 is 1.36 bits per heavy atom. The van der Waals surface area contributed by atoms with Gasteiger partial charge in [0.15, 0.2) is 0 Å². The van der Waals surface area contributed by atoms with Gasteiger partial charge in [0.05, 0.1) is 6.61 Å². The molecule has 0 aliphatic carbocycles. The highest BCUT2D eigenvalue weighted by Crippen LogP contribution is 2.03. The van der Waals surface area contributed by atoms with E-state index in [9.17, 15) is 4.79 Å². The van der Waals surface area contributed by atoms with Gasteiger partial charge in [-0.25, -0.2) is 4.79 Å². The number of esters is 1. The van der Waals surface area contributed by atoms with Gasteiger partial charge >= 0.3 is 5.97 Å². The second kappa shape index (κ2) is 7.18. The van der Waals surface area contributed by atoms with E-state index in [4.69, 9.17) is 4.74 Å². The molecular formula is C11H19NO2. The van der Waals surface area contributed by atoms with Crippen molar-refractivity contribution in [3.05, 3.63) is 23.9 Å².